The highest BCUT2D eigenvalue weighted by atomic mass is 35.5. The number of halogens is 2. The second-order valence-electron chi connectivity index (χ2n) is 4.34. The number of hydrogen-bond acceptors (Lipinski definition) is 2. The number of hydrogen-bond donors (Lipinski definition) is 1. The summed E-state index contributed by atoms with van der Waals surface area (Å²) in [6.07, 6.45) is 3.23. The maximum absolute atomic E-state index is 6.05. The summed E-state index contributed by atoms with van der Waals surface area (Å²) in [4.78, 5) is 3.92. The molecular formula is C10H12Cl2N2. The standard InChI is InChI=1S/C10H12Cl2N2/c1-10(2)8(9(10)13)7-5(11)3-14-4-6(7)12/h3-4,8-9H,13H2,1-2H3/t8-,9-/m0/s1. The molecule has 4 heteroatoms. The summed E-state index contributed by atoms with van der Waals surface area (Å²) < 4.78 is 0. The van der Waals surface area contributed by atoms with Gasteiger partial charge in [-0.1, -0.05) is 37.0 Å². The Balaban J connectivity index is 2.44. The molecule has 0 bridgehead atoms. The fourth-order valence-electron chi connectivity index (χ4n) is 1.95. The summed E-state index contributed by atoms with van der Waals surface area (Å²) in [5, 5.41) is 1.23. The Hall–Kier alpha value is -0.310. The number of rotatable bonds is 1. The van der Waals surface area contributed by atoms with E-state index in [1.807, 2.05) is 0 Å². The van der Waals surface area contributed by atoms with Crippen LogP contribution in [0.4, 0.5) is 0 Å². The Morgan fingerprint density at radius 3 is 2.07 bits per heavy atom. The predicted molar refractivity (Wildman–Crippen MR) is 58.8 cm³/mol. The van der Waals surface area contributed by atoms with E-state index in [1.54, 1.807) is 12.4 Å². The third-order valence-electron chi connectivity index (χ3n) is 3.11. The molecule has 1 fully saturated rings. The first-order valence-electron chi connectivity index (χ1n) is 4.50. The third kappa shape index (κ3) is 1.33. The molecule has 2 N–H and O–H groups in total. The molecule has 1 heterocycles. The number of nitrogens with two attached hydrogens (primary N) is 1. The molecule has 0 aromatic carbocycles. The molecule has 14 heavy (non-hydrogen) atoms. The molecule has 0 unspecified atom stereocenters. The fraction of sp³-hybridized carbons (Fsp3) is 0.500. The van der Waals surface area contributed by atoms with Crippen molar-refractivity contribution in [1.82, 2.24) is 4.98 Å². The molecular weight excluding hydrogens is 219 g/mol. The van der Waals surface area contributed by atoms with Crippen molar-refractivity contribution in [2.24, 2.45) is 11.1 Å². The van der Waals surface area contributed by atoms with Crippen molar-refractivity contribution in [2.45, 2.75) is 25.8 Å². The summed E-state index contributed by atoms with van der Waals surface area (Å²) >= 11 is 12.1. The average molecular weight is 231 g/mol. The molecule has 2 atom stereocenters. The van der Waals surface area contributed by atoms with Gasteiger partial charge in [-0.2, -0.15) is 0 Å². The van der Waals surface area contributed by atoms with E-state index in [0.717, 1.165) is 5.56 Å². The summed E-state index contributed by atoms with van der Waals surface area (Å²) in [5.41, 5.74) is 7.01. The first kappa shape index (κ1) is 10.2. The molecule has 0 spiro atoms. The molecule has 1 aromatic rings. The second-order valence-corrected chi connectivity index (χ2v) is 5.16. The zero-order chi connectivity index (χ0) is 10.5. The van der Waals surface area contributed by atoms with Crippen LogP contribution in [0.5, 0.6) is 0 Å². The highest BCUT2D eigenvalue weighted by Crippen LogP contribution is 2.59. The van der Waals surface area contributed by atoms with E-state index >= 15 is 0 Å². The molecule has 0 radical (unpaired) electrons. The predicted octanol–water partition coefficient (Wildman–Crippen LogP) is 2.84. The van der Waals surface area contributed by atoms with E-state index < -0.39 is 0 Å². The van der Waals surface area contributed by atoms with Gasteiger partial charge in [0.05, 0.1) is 10.0 Å². The topological polar surface area (TPSA) is 38.9 Å². The highest BCUT2D eigenvalue weighted by molar-refractivity contribution is 6.36. The Bertz CT molecular complexity index is 356. The van der Waals surface area contributed by atoms with E-state index in [-0.39, 0.29) is 17.4 Å². The van der Waals surface area contributed by atoms with Gasteiger partial charge < -0.3 is 5.73 Å². The van der Waals surface area contributed by atoms with Gasteiger partial charge in [0.15, 0.2) is 0 Å². The summed E-state index contributed by atoms with van der Waals surface area (Å²) in [6.45, 7) is 4.24. The molecule has 0 saturated heterocycles. The molecule has 1 aliphatic carbocycles. The largest absolute Gasteiger partial charge is 0.327 e. The van der Waals surface area contributed by atoms with Crippen molar-refractivity contribution >= 4 is 23.2 Å². The maximum Gasteiger partial charge on any atom is 0.0639 e. The lowest BCUT2D eigenvalue weighted by Gasteiger charge is -2.06. The van der Waals surface area contributed by atoms with Gasteiger partial charge in [0.25, 0.3) is 0 Å². The minimum absolute atomic E-state index is 0.0919. The number of aromatic nitrogens is 1. The van der Waals surface area contributed by atoms with Gasteiger partial charge in [-0.25, -0.2) is 0 Å². The van der Waals surface area contributed by atoms with Crippen LogP contribution in [0.1, 0.15) is 25.3 Å². The molecule has 1 aliphatic rings. The van der Waals surface area contributed by atoms with Crippen LogP contribution in [0.25, 0.3) is 0 Å². The highest BCUT2D eigenvalue weighted by Gasteiger charge is 2.57. The zero-order valence-corrected chi connectivity index (χ0v) is 9.60. The smallest absolute Gasteiger partial charge is 0.0639 e. The molecule has 0 aliphatic heterocycles. The Kier molecular flexibility index (Phi) is 2.25. The van der Waals surface area contributed by atoms with Crippen molar-refractivity contribution in [2.75, 3.05) is 0 Å². The van der Waals surface area contributed by atoms with Crippen LogP contribution in [0.3, 0.4) is 0 Å². The Labute approximate surface area is 93.4 Å². The van der Waals surface area contributed by atoms with Crippen molar-refractivity contribution in [1.29, 1.82) is 0 Å². The van der Waals surface area contributed by atoms with E-state index in [4.69, 9.17) is 28.9 Å². The molecule has 1 saturated carbocycles. The molecule has 76 valence electrons. The Morgan fingerprint density at radius 1 is 1.29 bits per heavy atom. The fourth-order valence-corrected chi connectivity index (χ4v) is 2.55. The number of pyridine rings is 1. The van der Waals surface area contributed by atoms with E-state index in [9.17, 15) is 0 Å². The lowest BCUT2D eigenvalue weighted by molar-refractivity contribution is 0.599. The van der Waals surface area contributed by atoms with Crippen molar-refractivity contribution in [3.63, 3.8) is 0 Å². The van der Waals surface area contributed by atoms with Gasteiger partial charge in [0.2, 0.25) is 0 Å². The molecule has 0 amide bonds. The molecule has 2 nitrogen and oxygen atoms in total. The summed E-state index contributed by atoms with van der Waals surface area (Å²) in [7, 11) is 0. The lowest BCUT2D eigenvalue weighted by atomic mass is 10.0. The van der Waals surface area contributed by atoms with Crippen LogP contribution < -0.4 is 5.73 Å². The monoisotopic (exact) mass is 230 g/mol. The van der Waals surface area contributed by atoms with Gasteiger partial charge in [0, 0.05) is 24.4 Å². The van der Waals surface area contributed by atoms with Crippen LogP contribution in [-0.2, 0) is 0 Å². The van der Waals surface area contributed by atoms with E-state index in [2.05, 4.69) is 18.8 Å². The SMILES string of the molecule is CC1(C)[C@@H](N)[C@@H]1c1c(Cl)cncc1Cl. The van der Waals surface area contributed by atoms with Crippen molar-refractivity contribution < 1.29 is 0 Å². The van der Waals surface area contributed by atoms with Gasteiger partial charge in [-0.15, -0.1) is 0 Å². The quantitative estimate of drug-likeness (QED) is 0.807. The van der Waals surface area contributed by atoms with Crippen molar-refractivity contribution in [3.05, 3.63) is 28.0 Å². The van der Waals surface area contributed by atoms with Crippen LogP contribution >= 0.6 is 23.2 Å². The maximum atomic E-state index is 6.05. The van der Waals surface area contributed by atoms with Gasteiger partial charge in [0.1, 0.15) is 0 Å². The van der Waals surface area contributed by atoms with Crippen LogP contribution in [0, 0.1) is 5.41 Å². The van der Waals surface area contributed by atoms with E-state index in [0.29, 0.717) is 10.0 Å². The minimum Gasteiger partial charge on any atom is -0.327 e. The molecule has 1 aromatic heterocycles. The van der Waals surface area contributed by atoms with Crippen LogP contribution in [-0.4, -0.2) is 11.0 Å². The van der Waals surface area contributed by atoms with Crippen LogP contribution in [0.2, 0.25) is 10.0 Å². The first-order chi connectivity index (χ1) is 6.46. The average Bonchev–Trinajstić information content (AvgIpc) is 2.54. The van der Waals surface area contributed by atoms with Gasteiger partial charge >= 0.3 is 0 Å². The second kappa shape index (κ2) is 3.09. The Morgan fingerprint density at radius 2 is 1.71 bits per heavy atom. The third-order valence-corrected chi connectivity index (χ3v) is 3.71. The summed E-state index contributed by atoms with van der Waals surface area (Å²) in [6, 6.07) is 0.139. The first-order valence-corrected chi connectivity index (χ1v) is 5.26. The van der Waals surface area contributed by atoms with Crippen molar-refractivity contribution in [3.8, 4) is 0 Å². The van der Waals surface area contributed by atoms with Gasteiger partial charge in [-0.05, 0) is 11.0 Å². The van der Waals surface area contributed by atoms with Crippen LogP contribution in [0.15, 0.2) is 12.4 Å². The minimum atomic E-state index is 0.0919. The number of nitrogens with zero attached hydrogens (tertiary/aromatic N) is 1. The summed E-state index contributed by atoms with van der Waals surface area (Å²) in [5.74, 6) is 0.255. The molecule has 2 rings (SSSR count). The normalized spacial score (nSPS) is 28.9. The lowest BCUT2D eigenvalue weighted by Crippen LogP contribution is -2.06. The van der Waals surface area contributed by atoms with Gasteiger partial charge in [-0.3, -0.25) is 4.98 Å². The zero-order valence-electron chi connectivity index (χ0n) is 8.09. The van der Waals surface area contributed by atoms with E-state index in [1.165, 1.54) is 0 Å².